The van der Waals surface area contributed by atoms with Crippen molar-refractivity contribution in [1.29, 1.82) is 0 Å². The van der Waals surface area contributed by atoms with E-state index < -0.39 is 0 Å². The van der Waals surface area contributed by atoms with Gasteiger partial charge in [0.25, 0.3) is 0 Å². The van der Waals surface area contributed by atoms with Crippen molar-refractivity contribution in [3.05, 3.63) is 88.9 Å². The van der Waals surface area contributed by atoms with Crippen LogP contribution in [0.4, 0.5) is 0 Å². The van der Waals surface area contributed by atoms with Crippen LogP contribution in [0.3, 0.4) is 0 Å². The van der Waals surface area contributed by atoms with Crippen molar-refractivity contribution in [2.45, 2.75) is 0 Å². The summed E-state index contributed by atoms with van der Waals surface area (Å²) in [6, 6.07) is 25.2. The Labute approximate surface area is 166 Å². The molecule has 0 saturated heterocycles. The molecule has 128 valence electrons. The van der Waals surface area contributed by atoms with Gasteiger partial charge in [0.2, 0.25) is 0 Å². The van der Waals surface area contributed by atoms with E-state index in [0.29, 0.717) is 21.4 Å². The number of nitrogens with zero attached hydrogens (tertiary/aromatic N) is 2. The summed E-state index contributed by atoms with van der Waals surface area (Å²) < 4.78 is 1.53. The van der Waals surface area contributed by atoms with Gasteiger partial charge >= 0.3 is 0 Å². The van der Waals surface area contributed by atoms with Gasteiger partial charge in [-0.05, 0) is 12.1 Å². The van der Waals surface area contributed by atoms with E-state index in [0.717, 1.165) is 22.5 Å². The summed E-state index contributed by atoms with van der Waals surface area (Å²) in [5, 5.41) is 1.01. The van der Waals surface area contributed by atoms with Crippen LogP contribution < -0.4 is 0 Å². The van der Waals surface area contributed by atoms with Crippen molar-refractivity contribution in [2.24, 2.45) is 0 Å². The first-order valence-electron chi connectivity index (χ1n) is 8.01. The summed E-state index contributed by atoms with van der Waals surface area (Å²) in [7, 11) is 0. The number of aromatic nitrogens is 2. The minimum absolute atomic E-state index is 0.503. The van der Waals surface area contributed by atoms with E-state index in [1.54, 1.807) is 18.2 Å². The van der Waals surface area contributed by atoms with Crippen LogP contribution in [0.5, 0.6) is 0 Å². The Hall–Kier alpha value is -2.26. The van der Waals surface area contributed by atoms with Gasteiger partial charge < -0.3 is 0 Å². The van der Waals surface area contributed by atoms with Crippen molar-refractivity contribution < 1.29 is 0 Å². The lowest BCUT2D eigenvalue weighted by atomic mass is 10.1. The number of hydrogen-bond acceptors (Lipinski definition) is 1. The van der Waals surface area contributed by atoms with Gasteiger partial charge in [-0.15, -0.1) is 0 Å². The number of hydrogen-bond donors (Lipinski definition) is 0. The van der Waals surface area contributed by atoms with E-state index in [-0.39, 0.29) is 0 Å². The molecule has 0 radical (unpaired) electrons. The lowest BCUT2D eigenvalue weighted by Gasteiger charge is -2.07. The molecule has 3 aromatic carbocycles. The molecule has 0 fully saturated rings. The number of halogens is 3. The van der Waals surface area contributed by atoms with E-state index in [1.165, 1.54) is 4.09 Å². The monoisotopic (exact) mass is 398 g/mol. The fourth-order valence-electron chi connectivity index (χ4n) is 2.91. The Balaban J connectivity index is 2.03. The van der Waals surface area contributed by atoms with Crippen molar-refractivity contribution in [3.63, 3.8) is 0 Å². The molecule has 2 nitrogen and oxygen atoms in total. The van der Waals surface area contributed by atoms with Crippen LogP contribution in [-0.2, 0) is 0 Å². The molecule has 4 aromatic rings. The molecule has 0 bridgehead atoms. The molecule has 0 aliphatic rings. The van der Waals surface area contributed by atoms with Gasteiger partial charge in [0, 0.05) is 22.9 Å². The molecule has 0 saturated carbocycles. The summed E-state index contributed by atoms with van der Waals surface area (Å²) in [4.78, 5) is 4.81. The predicted octanol–water partition coefficient (Wildman–Crippen LogP) is 7.19. The smallest absolute Gasteiger partial charge is 0.158 e. The zero-order valence-corrected chi connectivity index (χ0v) is 15.8. The third-order valence-corrected chi connectivity index (χ3v) is 5.06. The summed E-state index contributed by atoms with van der Waals surface area (Å²) in [6.45, 7) is 0. The maximum Gasteiger partial charge on any atom is 0.158 e. The van der Waals surface area contributed by atoms with Crippen LogP contribution in [-0.4, -0.2) is 9.07 Å². The fraction of sp³-hybridized carbons (Fsp3) is 0. The molecule has 5 heteroatoms. The average molecular weight is 400 g/mol. The molecule has 0 spiro atoms. The largest absolute Gasteiger partial charge is 0.233 e. The summed E-state index contributed by atoms with van der Waals surface area (Å²) in [5.41, 5.74) is 4.12. The highest BCUT2D eigenvalue weighted by atomic mass is 35.5. The first-order chi connectivity index (χ1) is 12.7. The quantitative estimate of drug-likeness (QED) is 0.356. The summed E-state index contributed by atoms with van der Waals surface area (Å²) in [5.74, 6) is 0.514. The average Bonchev–Trinajstić information content (AvgIpc) is 3.00. The van der Waals surface area contributed by atoms with E-state index in [2.05, 4.69) is 0 Å². The second-order valence-corrected chi connectivity index (χ2v) is 6.89. The van der Waals surface area contributed by atoms with Gasteiger partial charge in [-0.3, -0.25) is 0 Å². The summed E-state index contributed by atoms with van der Waals surface area (Å²) >= 11 is 19.5. The topological polar surface area (TPSA) is 17.8 Å². The van der Waals surface area contributed by atoms with Gasteiger partial charge in [-0.1, -0.05) is 89.9 Å². The van der Waals surface area contributed by atoms with Gasteiger partial charge in [0.05, 0.1) is 27.0 Å². The molecule has 0 aliphatic carbocycles. The molecule has 4 rings (SSSR count). The lowest BCUT2D eigenvalue weighted by molar-refractivity contribution is 1.22. The molecule has 26 heavy (non-hydrogen) atoms. The highest BCUT2D eigenvalue weighted by molar-refractivity contribution is 6.39. The Morgan fingerprint density at radius 2 is 1.19 bits per heavy atom. The van der Waals surface area contributed by atoms with E-state index in [9.17, 15) is 0 Å². The number of imidazole rings is 1. The minimum Gasteiger partial charge on any atom is -0.233 e. The van der Waals surface area contributed by atoms with Crippen LogP contribution in [0.1, 0.15) is 0 Å². The molecule has 0 unspecified atom stereocenters. The van der Waals surface area contributed by atoms with Crippen molar-refractivity contribution in [3.8, 4) is 33.9 Å². The van der Waals surface area contributed by atoms with Crippen LogP contribution in [0, 0.1) is 0 Å². The lowest BCUT2D eigenvalue weighted by Crippen LogP contribution is -1.91. The van der Waals surface area contributed by atoms with Crippen LogP contribution >= 0.6 is 35.0 Å². The Kier molecular flexibility index (Phi) is 4.73. The molecule has 0 N–H and O–H groups in total. The maximum absolute atomic E-state index is 6.73. The Morgan fingerprint density at radius 3 is 1.77 bits per heavy atom. The number of rotatable bonds is 3. The molecule has 1 aromatic heterocycles. The third-order valence-electron chi connectivity index (χ3n) is 4.11. The van der Waals surface area contributed by atoms with Crippen LogP contribution in [0.25, 0.3) is 33.9 Å². The molecule has 0 aliphatic heterocycles. The first kappa shape index (κ1) is 17.2. The van der Waals surface area contributed by atoms with E-state index >= 15 is 0 Å². The highest BCUT2D eigenvalue weighted by Gasteiger charge is 2.23. The van der Waals surface area contributed by atoms with Crippen LogP contribution in [0.2, 0.25) is 10.0 Å². The first-order valence-corrected chi connectivity index (χ1v) is 9.10. The molecular weight excluding hydrogens is 387 g/mol. The predicted molar refractivity (Wildman–Crippen MR) is 110 cm³/mol. The molecule has 0 atom stereocenters. The van der Waals surface area contributed by atoms with Crippen LogP contribution in [0.15, 0.2) is 78.9 Å². The molecular formula is C21H13Cl3N2. The van der Waals surface area contributed by atoms with Crippen molar-refractivity contribution in [2.75, 3.05) is 0 Å². The van der Waals surface area contributed by atoms with Gasteiger partial charge in [-0.25, -0.2) is 9.07 Å². The Bertz CT molecular complexity index is 1040. The minimum atomic E-state index is 0.503. The van der Waals surface area contributed by atoms with Gasteiger partial charge in [0.15, 0.2) is 5.82 Å². The van der Waals surface area contributed by atoms with E-state index in [1.807, 2.05) is 60.7 Å². The normalized spacial score (nSPS) is 10.9. The zero-order chi connectivity index (χ0) is 18.1. The van der Waals surface area contributed by atoms with Gasteiger partial charge in [-0.2, -0.15) is 0 Å². The van der Waals surface area contributed by atoms with Gasteiger partial charge in [0.1, 0.15) is 0 Å². The zero-order valence-electron chi connectivity index (χ0n) is 13.5. The third kappa shape index (κ3) is 3.01. The molecule has 0 amide bonds. The second kappa shape index (κ2) is 7.16. The Morgan fingerprint density at radius 1 is 0.654 bits per heavy atom. The number of benzene rings is 3. The molecule has 1 heterocycles. The summed E-state index contributed by atoms with van der Waals surface area (Å²) in [6.07, 6.45) is 0. The maximum atomic E-state index is 6.73. The second-order valence-electron chi connectivity index (χ2n) is 5.74. The highest BCUT2D eigenvalue weighted by Crippen LogP contribution is 2.41. The standard InChI is InChI=1S/C21H13Cl3N2/c22-16-12-7-13-17(23)18(16)21-25-19(14-8-3-1-4-9-14)20(26(21)24)15-10-5-2-6-11-15/h1-13H. The fourth-order valence-corrected chi connectivity index (χ4v) is 3.78. The van der Waals surface area contributed by atoms with Crippen molar-refractivity contribution in [1.82, 2.24) is 9.07 Å². The SMILES string of the molecule is Clc1cccc(Cl)c1-c1nc(-c2ccccc2)c(-c2ccccc2)n1Cl. The van der Waals surface area contributed by atoms with Crippen molar-refractivity contribution >= 4 is 35.0 Å². The van der Waals surface area contributed by atoms with E-state index in [4.69, 9.17) is 40.0 Å².